The minimum Gasteiger partial charge on any atom is -0.234 e. The van der Waals surface area contributed by atoms with Crippen molar-refractivity contribution in [2.24, 2.45) is 0 Å². The molecule has 0 aliphatic carbocycles. The highest BCUT2D eigenvalue weighted by atomic mass is 32.2. The molecule has 2 heterocycles. The molecule has 0 unspecified atom stereocenters. The van der Waals surface area contributed by atoms with Crippen LogP contribution in [0, 0.1) is 25.3 Å². The lowest BCUT2D eigenvalue weighted by Gasteiger charge is -2.01. The van der Waals surface area contributed by atoms with Gasteiger partial charge in [-0.25, -0.2) is 9.97 Å². The van der Waals surface area contributed by atoms with Gasteiger partial charge in [-0.2, -0.15) is 0 Å². The topological polar surface area (TPSA) is 25.8 Å². The summed E-state index contributed by atoms with van der Waals surface area (Å²) in [5.41, 5.74) is 9.35. The van der Waals surface area contributed by atoms with Gasteiger partial charge in [-0.3, -0.25) is 0 Å². The van der Waals surface area contributed by atoms with Crippen molar-refractivity contribution in [1.82, 2.24) is 9.97 Å². The maximum absolute atomic E-state index is 4.40. The van der Waals surface area contributed by atoms with E-state index in [1.54, 1.807) is 29.4 Å². The summed E-state index contributed by atoms with van der Waals surface area (Å²) < 4.78 is 1.14. The second-order valence-corrected chi connectivity index (χ2v) is 7.94. The fourth-order valence-corrected chi connectivity index (χ4v) is 4.87. The molecule has 2 nitrogen and oxygen atoms in total. The Morgan fingerprint density at radius 2 is 1.96 bits per heavy atom. The van der Waals surface area contributed by atoms with E-state index in [0.29, 0.717) is 9.52 Å². The van der Waals surface area contributed by atoms with Gasteiger partial charge in [0.2, 0.25) is 0 Å². The van der Waals surface area contributed by atoms with E-state index in [4.69, 9.17) is 0 Å². The highest BCUT2D eigenvalue weighted by molar-refractivity contribution is 7.98. The van der Waals surface area contributed by atoms with Crippen LogP contribution in [-0.4, -0.2) is 25.7 Å². The normalized spacial score (nSPS) is 10.6. The summed E-state index contributed by atoms with van der Waals surface area (Å²) in [6, 6.07) is 7.72. The summed E-state index contributed by atoms with van der Waals surface area (Å²) in [7, 11) is 0.604. The number of aryl methyl sites for hydroxylation is 2. The third kappa shape index (κ3) is 3.84. The molecular weight excluding hydrogens is 336 g/mol. The number of aromatic nitrogens is 2. The van der Waals surface area contributed by atoms with E-state index in [-0.39, 0.29) is 0 Å². The van der Waals surface area contributed by atoms with Crippen LogP contribution in [0.25, 0.3) is 10.2 Å². The van der Waals surface area contributed by atoms with Gasteiger partial charge in [0.15, 0.2) is 9.52 Å². The van der Waals surface area contributed by atoms with Crippen LogP contribution in [0.15, 0.2) is 34.9 Å². The number of thiophene rings is 1. The second kappa shape index (κ2) is 7.31. The molecule has 0 aliphatic rings. The van der Waals surface area contributed by atoms with Crippen LogP contribution in [0.5, 0.6) is 0 Å². The first-order valence-corrected chi connectivity index (χ1v) is 10.6. The molecule has 0 saturated carbocycles. The van der Waals surface area contributed by atoms with Crippen molar-refractivity contribution >= 4 is 42.8 Å². The number of fused-ring (bicyclic) bond motifs is 1. The molecule has 0 N–H and O–H groups in total. The van der Waals surface area contributed by atoms with E-state index in [9.17, 15) is 0 Å². The molecule has 5 heteroatoms. The van der Waals surface area contributed by atoms with Crippen LogP contribution in [-0.2, 0) is 6.04 Å². The predicted molar refractivity (Wildman–Crippen MR) is 101 cm³/mol. The van der Waals surface area contributed by atoms with E-state index in [2.05, 4.69) is 58.9 Å². The monoisotopic (exact) mass is 352 g/mol. The van der Waals surface area contributed by atoms with Gasteiger partial charge < -0.3 is 0 Å². The van der Waals surface area contributed by atoms with Crippen molar-refractivity contribution in [2.75, 3.05) is 6.26 Å². The maximum atomic E-state index is 4.40. The maximum Gasteiger partial charge on any atom is 0.153 e. The summed E-state index contributed by atoms with van der Waals surface area (Å²) in [6.07, 6.45) is 3.67. The molecule has 2 radical (unpaired) electrons. The number of nitrogens with zero attached hydrogens (tertiary/aromatic N) is 2. The molecule has 0 bridgehead atoms. The summed E-state index contributed by atoms with van der Waals surface area (Å²) in [5, 5.41) is 3.12. The lowest BCUT2D eigenvalue weighted by atomic mass is 10.1. The lowest BCUT2D eigenvalue weighted by molar-refractivity contribution is 1.11. The third-order valence-electron chi connectivity index (χ3n) is 3.37. The molecule has 23 heavy (non-hydrogen) atoms. The lowest BCUT2D eigenvalue weighted by Crippen LogP contribution is -1.95. The number of hydrogen-bond donors (Lipinski definition) is 0. The van der Waals surface area contributed by atoms with Crippen molar-refractivity contribution in [3.63, 3.8) is 0 Å². The number of rotatable bonds is 3. The SMILES string of the molecule is CSc1ncnc2c(C#C[Si]Cc3cc(C)cc(C)c3)csc12. The molecular formula is C18H16N2S2Si. The number of thioether (sulfide) groups is 1. The first-order valence-electron chi connectivity index (χ1n) is 7.24. The Hall–Kier alpha value is -1.61. The number of benzene rings is 1. The van der Waals surface area contributed by atoms with Gasteiger partial charge in [0.05, 0.1) is 10.3 Å². The van der Waals surface area contributed by atoms with Crippen molar-refractivity contribution in [3.05, 3.63) is 52.2 Å². The summed E-state index contributed by atoms with van der Waals surface area (Å²) in [5.74, 6) is 3.29. The van der Waals surface area contributed by atoms with E-state index in [1.807, 2.05) is 6.26 Å². The molecule has 1 aromatic carbocycles. The average Bonchev–Trinajstić information content (AvgIpc) is 2.94. The Bertz CT molecular complexity index is 886. The fraction of sp³-hybridized carbons (Fsp3) is 0.222. The Morgan fingerprint density at radius 1 is 1.17 bits per heavy atom. The van der Waals surface area contributed by atoms with Gasteiger partial charge in [0.25, 0.3) is 0 Å². The zero-order chi connectivity index (χ0) is 16.2. The molecule has 0 saturated heterocycles. The molecule has 0 fully saturated rings. The summed E-state index contributed by atoms with van der Waals surface area (Å²) in [6.45, 7) is 4.29. The average molecular weight is 353 g/mol. The van der Waals surface area contributed by atoms with Crippen molar-refractivity contribution in [3.8, 4) is 11.5 Å². The highest BCUT2D eigenvalue weighted by Gasteiger charge is 2.08. The van der Waals surface area contributed by atoms with Crippen LogP contribution in [0.1, 0.15) is 22.3 Å². The van der Waals surface area contributed by atoms with Crippen LogP contribution < -0.4 is 0 Å². The molecule has 3 aromatic rings. The van der Waals surface area contributed by atoms with Crippen molar-refractivity contribution in [1.29, 1.82) is 0 Å². The van der Waals surface area contributed by atoms with Gasteiger partial charge in [0, 0.05) is 5.38 Å². The van der Waals surface area contributed by atoms with Crippen LogP contribution in [0.2, 0.25) is 0 Å². The summed E-state index contributed by atoms with van der Waals surface area (Å²) >= 11 is 3.33. The van der Waals surface area contributed by atoms with Crippen molar-refractivity contribution < 1.29 is 0 Å². The first-order chi connectivity index (χ1) is 11.2. The largest absolute Gasteiger partial charge is 0.234 e. The van der Waals surface area contributed by atoms with Gasteiger partial charge in [-0.15, -0.1) is 28.6 Å². The van der Waals surface area contributed by atoms with E-state index < -0.39 is 0 Å². The second-order valence-electron chi connectivity index (χ2n) is 5.31. The van der Waals surface area contributed by atoms with Gasteiger partial charge in [-0.1, -0.05) is 35.2 Å². The van der Waals surface area contributed by atoms with E-state index in [0.717, 1.165) is 26.9 Å². The Morgan fingerprint density at radius 3 is 2.70 bits per heavy atom. The van der Waals surface area contributed by atoms with E-state index >= 15 is 0 Å². The summed E-state index contributed by atoms with van der Waals surface area (Å²) in [4.78, 5) is 8.70. The molecule has 0 amide bonds. The fourth-order valence-electron chi connectivity index (χ4n) is 2.49. The first kappa shape index (κ1) is 16.3. The van der Waals surface area contributed by atoms with Gasteiger partial charge >= 0.3 is 0 Å². The van der Waals surface area contributed by atoms with Crippen molar-refractivity contribution in [2.45, 2.75) is 24.9 Å². The molecule has 114 valence electrons. The molecule has 0 atom stereocenters. The third-order valence-corrected chi connectivity index (χ3v) is 6.06. The minimum atomic E-state index is 0.604. The minimum absolute atomic E-state index is 0.604. The molecule has 0 spiro atoms. The standard InChI is InChI=1S/C18H16N2S2Si/c1-12-6-13(2)8-14(7-12)10-23-5-4-15-9-22-17-16(15)19-11-20-18(17)21-3/h6-9,11H,10H2,1-3H3. The Balaban J connectivity index is 1.75. The van der Waals surface area contributed by atoms with Crippen LogP contribution in [0.4, 0.5) is 0 Å². The molecule has 3 rings (SSSR count). The quantitative estimate of drug-likeness (QED) is 0.305. The Kier molecular flexibility index (Phi) is 5.16. The van der Waals surface area contributed by atoms with Gasteiger partial charge in [0.1, 0.15) is 16.9 Å². The zero-order valence-corrected chi connectivity index (χ0v) is 15.9. The number of hydrogen-bond acceptors (Lipinski definition) is 4. The zero-order valence-electron chi connectivity index (χ0n) is 13.3. The van der Waals surface area contributed by atoms with Gasteiger partial charge in [-0.05, 0) is 31.7 Å². The van der Waals surface area contributed by atoms with Crippen LogP contribution >= 0.6 is 23.1 Å². The van der Waals surface area contributed by atoms with E-state index in [1.165, 1.54) is 16.7 Å². The Labute approximate surface area is 147 Å². The molecule has 2 aromatic heterocycles. The van der Waals surface area contributed by atoms with Crippen LogP contribution in [0.3, 0.4) is 0 Å². The highest BCUT2D eigenvalue weighted by Crippen LogP contribution is 2.29. The molecule has 0 aliphatic heterocycles. The predicted octanol–water partition coefficient (Wildman–Crippen LogP) is 4.24. The smallest absolute Gasteiger partial charge is 0.153 e.